The van der Waals surface area contributed by atoms with Crippen LogP contribution in [0, 0.1) is 5.92 Å². The molecule has 0 saturated carbocycles. The number of rotatable bonds is 9. The molecular formula is C14H28. The predicted molar refractivity (Wildman–Crippen MR) is 66.6 cm³/mol. The molecule has 0 spiro atoms. The largest absolute Gasteiger partial charge is 0.0917 e. The molecule has 0 aromatic rings. The van der Waals surface area contributed by atoms with Crippen LogP contribution < -0.4 is 0 Å². The van der Waals surface area contributed by atoms with Gasteiger partial charge in [0.1, 0.15) is 0 Å². The van der Waals surface area contributed by atoms with E-state index in [9.17, 15) is 0 Å². The van der Waals surface area contributed by atoms with Gasteiger partial charge in [-0.1, -0.05) is 64.5 Å². The molecule has 0 N–H and O–H groups in total. The highest BCUT2D eigenvalue weighted by atomic mass is 14.1. The van der Waals surface area contributed by atoms with E-state index >= 15 is 0 Å². The molecule has 14 heavy (non-hydrogen) atoms. The van der Waals surface area contributed by atoms with E-state index in [-0.39, 0.29) is 0 Å². The lowest BCUT2D eigenvalue weighted by molar-refractivity contribution is 0.400. The average molecular weight is 196 g/mol. The fraction of sp³-hybridized carbons (Fsp3) is 0.857. The van der Waals surface area contributed by atoms with Crippen molar-refractivity contribution in [2.45, 2.75) is 72.1 Å². The quantitative estimate of drug-likeness (QED) is 0.345. The van der Waals surface area contributed by atoms with Gasteiger partial charge in [0.15, 0.2) is 0 Å². The van der Waals surface area contributed by atoms with Crippen molar-refractivity contribution in [3.05, 3.63) is 12.2 Å². The molecule has 1 unspecified atom stereocenters. The van der Waals surface area contributed by atoms with E-state index in [0.29, 0.717) is 0 Å². The Hall–Kier alpha value is -0.260. The summed E-state index contributed by atoms with van der Waals surface area (Å²) in [6.07, 6.45) is 15.6. The van der Waals surface area contributed by atoms with E-state index in [4.69, 9.17) is 0 Å². The second-order valence-corrected chi connectivity index (χ2v) is 4.30. The maximum Gasteiger partial charge on any atom is -0.0348 e. The van der Waals surface area contributed by atoms with E-state index in [1.165, 1.54) is 51.4 Å². The summed E-state index contributed by atoms with van der Waals surface area (Å²) < 4.78 is 0. The van der Waals surface area contributed by atoms with Crippen molar-refractivity contribution in [1.29, 1.82) is 0 Å². The Morgan fingerprint density at radius 3 is 2.29 bits per heavy atom. The summed E-state index contributed by atoms with van der Waals surface area (Å²) in [5, 5.41) is 0. The van der Waals surface area contributed by atoms with Crippen LogP contribution in [0.3, 0.4) is 0 Å². The summed E-state index contributed by atoms with van der Waals surface area (Å²) >= 11 is 0. The lowest BCUT2D eigenvalue weighted by Crippen LogP contribution is -1.99. The first-order valence-corrected chi connectivity index (χ1v) is 6.46. The monoisotopic (exact) mass is 196 g/mol. The van der Waals surface area contributed by atoms with Crippen LogP contribution in [0.15, 0.2) is 12.2 Å². The number of allylic oxidation sites excluding steroid dienone is 2. The van der Waals surface area contributed by atoms with Crippen molar-refractivity contribution in [1.82, 2.24) is 0 Å². The molecule has 1 atom stereocenters. The first-order valence-electron chi connectivity index (χ1n) is 6.46. The van der Waals surface area contributed by atoms with Gasteiger partial charge in [0.2, 0.25) is 0 Å². The zero-order valence-corrected chi connectivity index (χ0v) is 10.4. The van der Waals surface area contributed by atoms with Gasteiger partial charge < -0.3 is 0 Å². The van der Waals surface area contributed by atoms with Crippen LogP contribution in [-0.4, -0.2) is 0 Å². The zero-order chi connectivity index (χ0) is 10.6. The average Bonchev–Trinajstić information content (AvgIpc) is 2.18. The molecule has 0 aromatic heterocycles. The Kier molecular flexibility index (Phi) is 10.6. The van der Waals surface area contributed by atoms with Crippen molar-refractivity contribution in [3.8, 4) is 0 Å². The molecule has 0 aliphatic heterocycles. The molecule has 0 aromatic carbocycles. The van der Waals surface area contributed by atoms with Crippen molar-refractivity contribution in [2.75, 3.05) is 0 Å². The molecule has 0 rings (SSSR count). The van der Waals surface area contributed by atoms with Crippen LogP contribution in [0.2, 0.25) is 0 Å². The lowest BCUT2D eigenvalue weighted by Gasteiger charge is -2.14. The Morgan fingerprint density at radius 2 is 1.71 bits per heavy atom. The summed E-state index contributed by atoms with van der Waals surface area (Å²) in [6, 6.07) is 0. The summed E-state index contributed by atoms with van der Waals surface area (Å²) in [6.45, 7) is 6.71. The third kappa shape index (κ3) is 8.34. The summed E-state index contributed by atoms with van der Waals surface area (Å²) in [4.78, 5) is 0. The third-order valence-electron chi connectivity index (χ3n) is 2.89. The normalized spacial score (nSPS) is 13.6. The molecule has 0 saturated heterocycles. The first-order chi connectivity index (χ1) is 6.85. The minimum absolute atomic E-state index is 0.989. The van der Waals surface area contributed by atoms with Crippen LogP contribution >= 0.6 is 0 Å². The highest BCUT2D eigenvalue weighted by Gasteiger charge is 2.05. The van der Waals surface area contributed by atoms with Gasteiger partial charge in [-0.15, -0.1) is 0 Å². The summed E-state index contributed by atoms with van der Waals surface area (Å²) in [7, 11) is 0. The fourth-order valence-corrected chi connectivity index (χ4v) is 2.02. The van der Waals surface area contributed by atoms with Gasteiger partial charge in [0.05, 0.1) is 0 Å². The van der Waals surface area contributed by atoms with Gasteiger partial charge >= 0.3 is 0 Å². The molecule has 0 bridgehead atoms. The van der Waals surface area contributed by atoms with E-state index in [1.54, 1.807) is 0 Å². The third-order valence-corrected chi connectivity index (χ3v) is 2.89. The van der Waals surface area contributed by atoms with Gasteiger partial charge in [-0.05, 0) is 25.7 Å². The molecule has 0 nitrogen and oxygen atoms in total. The lowest BCUT2D eigenvalue weighted by atomic mass is 9.92. The second kappa shape index (κ2) is 10.8. The SMILES string of the molecule is C/C=C/CCC(CCC)CCCCC. The van der Waals surface area contributed by atoms with Gasteiger partial charge in [-0.25, -0.2) is 0 Å². The van der Waals surface area contributed by atoms with Crippen LogP contribution in [0.25, 0.3) is 0 Å². The van der Waals surface area contributed by atoms with Gasteiger partial charge in [-0.3, -0.25) is 0 Å². The van der Waals surface area contributed by atoms with E-state index in [1.807, 2.05) is 0 Å². The van der Waals surface area contributed by atoms with Crippen LogP contribution in [0.5, 0.6) is 0 Å². The smallest absolute Gasteiger partial charge is 0.0348 e. The Balaban J connectivity index is 3.54. The van der Waals surface area contributed by atoms with E-state index in [0.717, 1.165) is 5.92 Å². The molecule has 0 heteroatoms. The van der Waals surface area contributed by atoms with Crippen molar-refractivity contribution in [3.63, 3.8) is 0 Å². The van der Waals surface area contributed by atoms with Gasteiger partial charge in [0, 0.05) is 0 Å². The minimum Gasteiger partial charge on any atom is -0.0917 e. The first kappa shape index (κ1) is 13.7. The highest BCUT2D eigenvalue weighted by Crippen LogP contribution is 2.20. The van der Waals surface area contributed by atoms with Gasteiger partial charge in [0.25, 0.3) is 0 Å². The maximum atomic E-state index is 2.31. The Bertz CT molecular complexity index is 124. The van der Waals surface area contributed by atoms with Gasteiger partial charge in [-0.2, -0.15) is 0 Å². The topological polar surface area (TPSA) is 0 Å². The van der Waals surface area contributed by atoms with E-state index in [2.05, 4.69) is 32.9 Å². The van der Waals surface area contributed by atoms with Crippen LogP contribution in [0.4, 0.5) is 0 Å². The molecular weight excluding hydrogens is 168 g/mol. The van der Waals surface area contributed by atoms with E-state index < -0.39 is 0 Å². The molecule has 0 fully saturated rings. The van der Waals surface area contributed by atoms with Crippen LogP contribution in [-0.2, 0) is 0 Å². The molecule has 0 radical (unpaired) electrons. The number of hydrogen-bond acceptors (Lipinski definition) is 0. The Labute approximate surface area is 90.8 Å². The second-order valence-electron chi connectivity index (χ2n) is 4.30. The minimum atomic E-state index is 0.989. The predicted octanol–water partition coefficient (Wildman–Crippen LogP) is 5.34. The number of unbranched alkanes of at least 4 members (excludes halogenated alkanes) is 2. The maximum absolute atomic E-state index is 2.31. The molecule has 0 aliphatic rings. The van der Waals surface area contributed by atoms with Crippen molar-refractivity contribution >= 4 is 0 Å². The summed E-state index contributed by atoms with van der Waals surface area (Å²) in [5.41, 5.74) is 0. The molecule has 0 aliphatic carbocycles. The fourth-order valence-electron chi connectivity index (χ4n) is 2.02. The zero-order valence-electron chi connectivity index (χ0n) is 10.4. The number of hydrogen-bond donors (Lipinski definition) is 0. The van der Waals surface area contributed by atoms with Crippen molar-refractivity contribution < 1.29 is 0 Å². The van der Waals surface area contributed by atoms with Crippen molar-refractivity contribution in [2.24, 2.45) is 5.92 Å². The standard InChI is InChI=1S/C14H28/c1-4-7-9-12-14(11-6-3)13-10-8-5-2/h4,7,14H,5-6,8-13H2,1-3H3/b7-4+. The summed E-state index contributed by atoms with van der Waals surface area (Å²) in [5.74, 6) is 0.989. The molecule has 84 valence electrons. The highest BCUT2D eigenvalue weighted by molar-refractivity contribution is 4.77. The molecule has 0 heterocycles. The molecule has 0 amide bonds. The Morgan fingerprint density at radius 1 is 0.929 bits per heavy atom. The van der Waals surface area contributed by atoms with Crippen LogP contribution in [0.1, 0.15) is 72.1 Å².